The fraction of sp³-hybridized carbons (Fsp3) is 0.765. The molecule has 114 valence electrons. The van der Waals surface area contributed by atoms with E-state index in [1.165, 1.54) is 54.9 Å². The molecule has 2 rings (SSSR count). The van der Waals surface area contributed by atoms with Gasteiger partial charge in [-0.25, -0.2) is 0 Å². The van der Waals surface area contributed by atoms with Crippen molar-refractivity contribution in [1.29, 1.82) is 0 Å². The van der Waals surface area contributed by atoms with Gasteiger partial charge in [0, 0.05) is 15.8 Å². The molecule has 0 spiro atoms. The van der Waals surface area contributed by atoms with Gasteiger partial charge in [0.1, 0.15) is 0 Å². The van der Waals surface area contributed by atoms with Gasteiger partial charge in [0.15, 0.2) is 0 Å². The molecule has 0 amide bonds. The summed E-state index contributed by atoms with van der Waals surface area (Å²) in [6.45, 7) is 5.68. The zero-order valence-electron chi connectivity index (χ0n) is 13.0. The Morgan fingerprint density at radius 2 is 1.95 bits per heavy atom. The van der Waals surface area contributed by atoms with Gasteiger partial charge in [0.2, 0.25) is 0 Å². The first-order valence-corrected chi connectivity index (χ1v) is 10.2. The molecule has 0 aliphatic carbocycles. The normalized spacial score (nSPS) is 18.3. The third kappa shape index (κ3) is 5.42. The van der Waals surface area contributed by atoms with Crippen molar-refractivity contribution in [3.63, 3.8) is 0 Å². The number of hydrogen-bond acceptors (Lipinski definition) is 3. The minimum Gasteiger partial charge on any atom is -0.314 e. The van der Waals surface area contributed by atoms with Crippen LogP contribution in [0.25, 0.3) is 0 Å². The number of rotatable bonds is 8. The first-order chi connectivity index (χ1) is 9.81. The number of hydrogen-bond donors (Lipinski definition) is 1. The third-order valence-electron chi connectivity index (χ3n) is 4.16. The van der Waals surface area contributed by atoms with Crippen molar-refractivity contribution in [2.75, 3.05) is 18.1 Å². The van der Waals surface area contributed by atoms with E-state index in [2.05, 4.69) is 43.1 Å². The molecule has 2 heterocycles. The number of nitrogens with one attached hydrogen (secondary N) is 1. The summed E-state index contributed by atoms with van der Waals surface area (Å²) in [5.41, 5.74) is 0. The van der Waals surface area contributed by atoms with Crippen LogP contribution in [0.2, 0.25) is 0 Å². The lowest BCUT2D eigenvalue weighted by atomic mass is 9.92. The summed E-state index contributed by atoms with van der Waals surface area (Å²) in [5, 5.41) is 3.79. The van der Waals surface area contributed by atoms with Gasteiger partial charge in [-0.3, -0.25) is 0 Å². The number of thiophene rings is 1. The fourth-order valence-electron chi connectivity index (χ4n) is 2.94. The molecule has 1 fully saturated rings. The second-order valence-electron chi connectivity index (χ2n) is 5.87. The van der Waals surface area contributed by atoms with E-state index in [1.807, 2.05) is 11.3 Å². The van der Waals surface area contributed by atoms with Crippen LogP contribution in [0.3, 0.4) is 0 Å². The zero-order valence-corrected chi connectivity index (χ0v) is 14.6. The first kappa shape index (κ1) is 16.4. The number of thioether (sulfide) groups is 1. The van der Waals surface area contributed by atoms with E-state index in [0.717, 1.165) is 12.5 Å². The summed E-state index contributed by atoms with van der Waals surface area (Å²) in [6, 6.07) is 5.35. The van der Waals surface area contributed by atoms with Gasteiger partial charge >= 0.3 is 0 Å². The summed E-state index contributed by atoms with van der Waals surface area (Å²) >= 11 is 4.15. The first-order valence-electron chi connectivity index (χ1n) is 8.20. The highest BCUT2D eigenvalue weighted by Crippen LogP contribution is 2.28. The van der Waals surface area contributed by atoms with Gasteiger partial charge < -0.3 is 5.32 Å². The van der Waals surface area contributed by atoms with E-state index in [4.69, 9.17) is 0 Å². The Morgan fingerprint density at radius 1 is 1.20 bits per heavy atom. The molecule has 3 heteroatoms. The van der Waals surface area contributed by atoms with Crippen LogP contribution in [0.4, 0.5) is 0 Å². The summed E-state index contributed by atoms with van der Waals surface area (Å²) in [7, 11) is 0. The predicted molar refractivity (Wildman–Crippen MR) is 94.1 cm³/mol. The minimum atomic E-state index is 0.686. The maximum Gasteiger partial charge on any atom is 0.0118 e. The van der Waals surface area contributed by atoms with Gasteiger partial charge in [-0.2, -0.15) is 11.8 Å². The highest BCUT2D eigenvalue weighted by atomic mass is 32.2. The lowest BCUT2D eigenvalue weighted by molar-refractivity contribution is 0.363. The SMILES string of the molecule is CCCNC(Cc1ccc(CC)s1)CC1CCSCC1. The summed E-state index contributed by atoms with van der Waals surface area (Å²) in [5.74, 6) is 3.71. The zero-order chi connectivity index (χ0) is 14.2. The molecule has 1 N–H and O–H groups in total. The minimum absolute atomic E-state index is 0.686. The molecule has 20 heavy (non-hydrogen) atoms. The van der Waals surface area contributed by atoms with Crippen LogP contribution < -0.4 is 5.32 Å². The smallest absolute Gasteiger partial charge is 0.0118 e. The Hall–Kier alpha value is 0.01000. The van der Waals surface area contributed by atoms with Gasteiger partial charge in [0.25, 0.3) is 0 Å². The molecule has 1 unspecified atom stereocenters. The van der Waals surface area contributed by atoms with Crippen molar-refractivity contribution in [2.24, 2.45) is 5.92 Å². The second kappa shape index (κ2) is 9.11. The standard InChI is InChI=1S/C17H29NS2/c1-3-9-18-15(12-14-7-10-19-11-8-14)13-17-6-5-16(4-2)20-17/h5-6,14-15,18H,3-4,7-13H2,1-2H3. The molecule has 1 aliphatic heterocycles. The summed E-state index contributed by atoms with van der Waals surface area (Å²) < 4.78 is 0. The molecular formula is C17H29NS2. The van der Waals surface area contributed by atoms with Crippen molar-refractivity contribution in [3.05, 3.63) is 21.9 Å². The third-order valence-corrected chi connectivity index (χ3v) is 6.46. The van der Waals surface area contributed by atoms with Crippen LogP contribution in [0.1, 0.15) is 49.3 Å². The topological polar surface area (TPSA) is 12.0 Å². The summed E-state index contributed by atoms with van der Waals surface area (Å²) in [4.78, 5) is 3.10. The molecule has 1 aromatic rings. The van der Waals surface area contributed by atoms with Crippen LogP contribution in [-0.2, 0) is 12.8 Å². The molecule has 0 aromatic carbocycles. The molecule has 1 nitrogen and oxygen atoms in total. The molecule has 1 aliphatic rings. The molecule has 0 radical (unpaired) electrons. The Balaban J connectivity index is 1.87. The average molecular weight is 312 g/mol. The highest BCUT2D eigenvalue weighted by Gasteiger charge is 2.19. The van der Waals surface area contributed by atoms with E-state index in [-0.39, 0.29) is 0 Å². The maximum absolute atomic E-state index is 3.79. The molecule has 1 atom stereocenters. The average Bonchev–Trinajstić information content (AvgIpc) is 2.93. The van der Waals surface area contributed by atoms with Gasteiger partial charge in [0.05, 0.1) is 0 Å². The van der Waals surface area contributed by atoms with Gasteiger partial charge in [-0.05, 0) is 74.6 Å². The molecular weight excluding hydrogens is 282 g/mol. The van der Waals surface area contributed by atoms with Crippen LogP contribution in [0.15, 0.2) is 12.1 Å². The quantitative estimate of drug-likeness (QED) is 0.743. The summed E-state index contributed by atoms with van der Waals surface area (Å²) in [6.07, 6.45) is 7.88. The van der Waals surface area contributed by atoms with E-state index >= 15 is 0 Å². The fourth-order valence-corrected chi connectivity index (χ4v) is 5.18. The van der Waals surface area contributed by atoms with E-state index in [0.29, 0.717) is 6.04 Å². The predicted octanol–water partition coefficient (Wildman–Crippen LogP) is 4.75. The lowest BCUT2D eigenvalue weighted by Crippen LogP contribution is -2.34. The van der Waals surface area contributed by atoms with Crippen LogP contribution in [0.5, 0.6) is 0 Å². The molecule has 1 aromatic heterocycles. The van der Waals surface area contributed by atoms with Crippen molar-refractivity contribution in [1.82, 2.24) is 5.32 Å². The highest BCUT2D eigenvalue weighted by molar-refractivity contribution is 7.99. The number of aryl methyl sites for hydroxylation is 1. The van der Waals surface area contributed by atoms with Gasteiger partial charge in [-0.1, -0.05) is 13.8 Å². The second-order valence-corrected chi connectivity index (χ2v) is 8.35. The lowest BCUT2D eigenvalue weighted by Gasteiger charge is -2.27. The van der Waals surface area contributed by atoms with E-state index in [1.54, 1.807) is 4.88 Å². The molecule has 0 bridgehead atoms. The van der Waals surface area contributed by atoms with E-state index in [9.17, 15) is 0 Å². The van der Waals surface area contributed by atoms with Crippen LogP contribution in [0, 0.1) is 5.92 Å². The van der Waals surface area contributed by atoms with Crippen LogP contribution >= 0.6 is 23.1 Å². The van der Waals surface area contributed by atoms with Crippen LogP contribution in [-0.4, -0.2) is 24.1 Å². The molecule has 1 saturated heterocycles. The Bertz CT molecular complexity index is 369. The van der Waals surface area contributed by atoms with Gasteiger partial charge in [-0.15, -0.1) is 11.3 Å². The van der Waals surface area contributed by atoms with Crippen molar-refractivity contribution in [2.45, 2.75) is 58.4 Å². The van der Waals surface area contributed by atoms with Crippen molar-refractivity contribution < 1.29 is 0 Å². The largest absolute Gasteiger partial charge is 0.314 e. The Labute approximate surface area is 132 Å². The monoisotopic (exact) mass is 311 g/mol. The maximum atomic E-state index is 3.79. The van der Waals surface area contributed by atoms with E-state index < -0.39 is 0 Å². The Morgan fingerprint density at radius 3 is 2.60 bits per heavy atom. The van der Waals surface area contributed by atoms with Crippen molar-refractivity contribution in [3.8, 4) is 0 Å². The molecule has 0 saturated carbocycles. The van der Waals surface area contributed by atoms with Crippen molar-refractivity contribution >= 4 is 23.1 Å². The Kier molecular flexibility index (Phi) is 7.47.